The fourth-order valence-electron chi connectivity index (χ4n) is 2.25. The second-order valence-corrected chi connectivity index (χ2v) is 6.98. The van der Waals surface area contributed by atoms with Crippen molar-refractivity contribution >= 4 is 46.7 Å². The molecule has 11 heteroatoms. The van der Waals surface area contributed by atoms with Crippen LogP contribution in [-0.4, -0.2) is 38.9 Å². The molecule has 0 saturated heterocycles. The van der Waals surface area contributed by atoms with Crippen LogP contribution in [0.4, 0.5) is 15.8 Å². The number of halogens is 2. The number of nitrogens with zero attached hydrogens (tertiary/aromatic N) is 1. The van der Waals surface area contributed by atoms with Crippen molar-refractivity contribution in [2.75, 3.05) is 11.1 Å². The van der Waals surface area contributed by atoms with Gasteiger partial charge in [0, 0.05) is 28.2 Å². The first-order valence-corrected chi connectivity index (χ1v) is 9.25. The molecule has 0 amide bonds. The van der Waals surface area contributed by atoms with Crippen LogP contribution in [0.15, 0.2) is 36.4 Å². The van der Waals surface area contributed by atoms with Gasteiger partial charge in [0.25, 0.3) is 5.69 Å². The zero-order chi connectivity index (χ0) is 20.8. The Morgan fingerprint density at radius 3 is 2.57 bits per heavy atom. The van der Waals surface area contributed by atoms with Crippen molar-refractivity contribution in [3.05, 3.63) is 68.5 Å². The Bertz CT molecular complexity index is 906. The number of carboxylic acid groups (broad SMARTS) is 2. The molecule has 0 spiro atoms. The molecule has 0 radical (unpaired) electrons. The van der Waals surface area contributed by atoms with E-state index in [1.54, 1.807) is 0 Å². The Labute approximate surface area is 167 Å². The van der Waals surface area contributed by atoms with Gasteiger partial charge in [0.1, 0.15) is 17.5 Å². The summed E-state index contributed by atoms with van der Waals surface area (Å²) in [5.74, 6) is -3.07. The van der Waals surface area contributed by atoms with Gasteiger partial charge in [-0.05, 0) is 24.3 Å². The Morgan fingerprint density at radius 1 is 1.29 bits per heavy atom. The summed E-state index contributed by atoms with van der Waals surface area (Å²) in [6.07, 6.45) is 0. The number of nitrogens with one attached hydrogen (secondary N) is 1. The first-order valence-electron chi connectivity index (χ1n) is 7.72. The molecule has 0 heterocycles. The summed E-state index contributed by atoms with van der Waals surface area (Å²) in [7, 11) is 0. The van der Waals surface area contributed by atoms with Gasteiger partial charge < -0.3 is 15.5 Å². The molecule has 0 aliphatic carbocycles. The van der Waals surface area contributed by atoms with Crippen molar-refractivity contribution in [3.8, 4) is 0 Å². The fraction of sp³-hybridized carbons (Fsp3) is 0.176. The Hall–Kier alpha value is -2.85. The number of benzene rings is 2. The van der Waals surface area contributed by atoms with E-state index in [1.807, 2.05) is 0 Å². The summed E-state index contributed by atoms with van der Waals surface area (Å²) in [5, 5.41) is 32.2. The van der Waals surface area contributed by atoms with Gasteiger partial charge in [-0.15, -0.1) is 0 Å². The van der Waals surface area contributed by atoms with Gasteiger partial charge in [0.05, 0.1) is 10.5 Å². The molecule has 2 rings (SSSR count). The lowest BCUT2D eigenvalue weighted by Crippen LogP contribution is -2.32. The number of carbonyl (C=O) groups is 2. The van der Waals surface area contributed by atoms with E-state index in [-0.39, 0.29) is 33.3 Å². The summed E-state index contributed by atoms with van der Waals surface area (Å²) in [5.41, 5.74) is -0.761. The maximum absolute atomic E-state index is 13.8. The van der Waals surface area contributed by atoms with E-state index in [9.17, 15) is 29.2 Å². The summed E-state index contributed by atoms with van der Waals surface area (Å²) < 4.78 is 13.8. The second kappa shape index (κ2) is 9.38. The maximum atomic E-state index is 13.8. The molecular weight excluding hydrogens is 415 g/mol. The molecule has 3 N–H and O–H groups in total. The van der Waals surface area contributed by atoms with Crippen molar-refractivity contribution in [3.63, 3.8) is 0 Å². The largest absolute Gasteiger partial charge is 0.480 e. The van der Waals surface area contributed by atoms with Gasteiger partial charge >= 0.3 is 11.9 Å². The molecule has 0 bridgehead atoms. The average Bonchev–Trinajstić information content (AvgIpc) is 2.62. The second-order valence-electron chi connectivity index (χ2n) is 5.54. The number of aromatic carboxylic acids is 1. The summed E-state index contributed by atoms with van der Waals surface area (Å²) >= 11 is 7.01. The van der Waals surface area contributed by atoms with E-state index in [2.05, 4.69) is 5.32 Å². The van der Waals surface area contributed by atoms with Crippen molar-refractivity contribution in [2.24, 2.45) is 0 Å². The van der Waals surface area contributed by atoms with Gasteiger partial charge in [-0.3, -0.25) is 10.1 Å². The van der Waals surface area contributed by atoms with E-state index in [4.69, 9.17) is 16.7 Å². The molecule has 28 heavy (non-hydrogen) atoms. The minimum Gasteiger partial charge on any atom is -0.480 e. The van der Waals surface area contributed by atoms with Crippen LogP contribution in [0.5, 0.6) is 0 Å². The highest BCUT2D eigenvalue weighted by Crippen LogP contribution is 2.28. The third-order valence-electron chi connectivity index (χ3n) is 3.66. The van der Waals surface area contributed by atoms with Crippen LogP contribution in [0.2, 0.25) is 5.02 Å². The van der Waals surface area contributed by atoms with Gasteiger partial charge in [0.2, 0.25) is 0 Å². The number of hydrogen-bond donors (Lipinski definition) is 3. The highest BCUT2D eigenvalue weighted by molar-refractivity contribution is 7.98. The van der Waals surface area contributed by atoms with Crippen LogP contribution < -0.4 is 5.32 Å². The van der Waals surface area contributed by atoms with E-state index in [1.165, 1.54) is 18.2 Å². The van der Waals surface area contributed by atoms with E-state index >= 15 is 0 Å². The number of aliphatic carboxylic acids is 1. The monoisotopic (exact) mass is 428 g/mol. The van der Waals surface area contributed by atoms with Crippen LogP contribution >= 0.6 is 23.4 Å². The highest BCUT2D eigenvalue weighted by Gasteiger charge is 2.24. The van der Waals surface area contributed by atoms with E-state index < -0.39 is 34.4 Å². The molecule has 0 aromatic heterocycles. The molecule has 1 atom stereocenters. The van der Waals surface area contributed by atoms with Gasteiger partial charge in [0.15, 0.2) is 0 Å². The lowest BCUT2D eigenvalue weighted by Gasteiger charge is -2.16. The molecule has 148 valence electrons. The van der Waals surface area contributed by atoms with Crippen molar-refractivity contribution < 1.29 is 29.1 Å². The molecule has 0 aliphatic rings. The molecule has 8 nitrogen and oxygen atoms in total. The molecule has 2 aromatic carbocycles. The number of hydrogen-bond acceptors (Lipinski definition) is 6. The van der Waals surface area contributed by atoms with Gasteiger partial charge in [-0.1, -0.05) is 17.7 Å². The molecule has 0 saturated carbocycles. The highest BCUT2D eigenvalue weighted by atomic mass is 35.5. The first kappa shape index (κ1) is 21.5. The first-order chi connectivity index (χ1) is 13.2. The van der Waals surface area contributed by atoms with E-state index in [0.717, 1.165) is 30.0 Å². The quantitative estimate of drug-likeness (QED) is 0.405. The van der Waals surface area contributed by atoms with Crippen molar-refractivity contribution in [1.82, 2.24) is 0 Å². The number of thioether (sulfide) groups is 1. The van der Waals surface area contributed by atoms with E-state index in [0.29, 0.717) is 0 Å². The van der Waals surface area contributed by atoms with Gasteiger partial charge in [-0.2, -0.15) is 11.8 Å². The predicted molar refractivity (Wildman–Crippen MR) is 103 cm³/mol. The summed E-state index contributed by atoms with van der Waals surface area (Å²) in [4.78, 5) is 32.8. The summed E-state index contributed by atoms with van der Waals surface area (Å²) in [6.45, 7) is 0. The molecule has 0 aliphatic heterocycles. The standard InChI is InChI=1S/C17H14ClFN2O6S/c18-11-2-1-3-12(19)10(11)7-28-8-14(17(24)25)20-13-5-4-9(16(22)23)6-15(13)21(26)27/h1-6,14,20H,7-8H2,(H,22,23)(H,24,25). The average molecular weight is 429 g/mol. The molecular formula is C17H14ClFN2O6S. The minimum atomic E-state index is -1.35. The Balaban J connectivity index is 2.14. The zero-order valence-electron chi connectivity index (χ0n) is 14.1. The minimum absolute atomic E-state index is 0.0438. The predicted octanol–water partition coefficient (Wildman–Crippen LogP) is 3.88. The number of carboxylic acids is 2. The zero-order valence-corrected chi connectivity index (χ0v) is 15.7. The Morgan fingerprint density at radius 2 is 2.00 bits per heavy atom. The van der Waals surface area contributed by atoms with Crippen molar-refractivity contribution in [1.29, 1.82) is 0 Å². The maximum Gasteiger partial charge on any atom is 0.335 e. The molecule has 1 unspecified atom stereocenters. The van der Waals surface area contributed by atoms with Crippen molar-refractivity contribution in [2.45, 2.75) is 11.8 Å². The lowest BCUT2D eigenvalue weighted by molar-refractivity contribution is -0.384. The smallest absolute Gasteiger partial charge is 0.335 e. The Kier molecular flexibility index (Phi) is 7.18. The topological polar surface area (TPSA) is 130 Å². The van der Waals surface area contributed by atoms with Crippen LogP contribution in [-0.2, 0) is 10.5 Å². The van der Waals surface area contributed by atoms with Crippen LogP contribution in [0, 0.1) is 15.9 Å². The number of nitro benzene ring substituents is 1. The SMILES string of the molecule is O=C(O)c1ccc(NC(CSCc2c(F)cccc2Cl)C(=O)O)c([N+](=O)[O-])c1. The molecule has 2 aromatic rings. The third-order valence-corrected chi connectivity index (χ3v) is 5.08. The van der Waals surface area contributed by atoms with Crippen LogP contribution in [0.1, 0.15) is 15.9 Å². The normalized spacial score (nSPS) is 11.6. The fourth-order valence-corrected chi connectivity index (χ4v) is 3.64. The van der Waals surface area contributed by atoms with Crippen LogP contribution in [0.3, 0.4) is 0 Å². The molecule has 0 fully saturated rings. The van der Waals surface area contributed by atoms with Gasteiger partial charge in [-0.25, -0.2) is 14.0 Å². The number of rotatable bonds is 9. The lowest BCUT2D eigenvalue weighted by atomic mass is 10.1. The number of anilines is 1. The summed E-state index contributed by atoms with van der Waals surface area (Å²) in [6, 6.07) is 6.08. The number of nitro groups is 1. The third kappa shape index (κ3) is 5.33. The van der Waals surface area contributed by atoms with Crippen LogP contribution in [0.25, 0.3) is 0 Å².